The molecule has 0 aliphatic rings. The third kappa shape index (κ3) is 10.2. The average Bonchev–Trinajstić information content (AvgIpc) is 2.51. The minimum absolute atomic E-state index is 0.270. The minimum atomic E-state index is -0.462. The molecule has 1 aromatic heterocycles. The van der Waals surface area contributed by atoms with Gasteiger partial charge in [0.25, 0.3) is 0 Å². The summed E-state index contributed by atoms with van der Waals surface area (Å²) in [7, 11) is 1.70. The Labute approximate surface area is 145 Å². The lowest BCUT2D eigenvalue weighted by atomic mass is 10.1. The van der Waals surface area contributed by atoms with Gasteiger partial charge in [-0.1, -0.05) is 6.07 Å². The number of hydrogen-bond donors (Lipinski definition) is 2. The van der Waals surface area contributed by atoms with Gasteiger partial charge < -0.3 is 20.1 Å². The Morgan fingerprint density at radius 2 is 2.12 bits per heavy atom. The van der Waals surface area contributed by atoms with Crippen molar-refractivity contribution in [1.29, 1.82) is 0 Å². The number of aromatic nitrogens is 1. The molecule has 6 nitrogen and oxygen atoms in total. The summed E-state index contributed by atoms with van der Waals surface area (Å²) < 4.78 is 10.5. The molecule has 0 aromatic carbocycles. The summed E-state index contributed by atoms with van der Waals surface area (Å²) in [5.74, 6) is 0. The number of carbonyl (C=O) groups is 1. The highest BCUT2D eigenvalue weighted by atomic mass is 16.6. The van der Waals surface area contributed by atoms with E-state index in [4.69, 9.17) is 9.47 Å². The van der Waals surface area contributed by atoms with Gasteiger partial charge in [-0.3, -0.25) is 4.98 Å². The predicted molar refractivity (Wildman–Crippen MR) is 95.1 cm³/mol. The largest absolute Gasteiger partial charge is 0.444 e. The van der Waals surface area contributed by atoms with E-state index in [0.29, 0.717) is 13.2 Å². The van der Waals surface area contributed by atoms with E-state index in [0.717, 1.165) is 25.8 Å². The van der Waals surface area contributed by atoms with Crippen LogP contribution in [0.4, 0.5) is 4.79 Å². The fraction of sp³-hybridized carbons (Fsp3) is 0.667. The molecule has 0 spiro atoms. The van der Waals surface area contributed by atoms with E-state index in [1.807, 2.05) is 33.0 Å². The van der Waals surface area contributed by atoms with Crippen LogP contribution in [0.3, 0.4) is 0 Å². The quantitative estimate of drug-likeness (QED) is 0.642. The van der Waals surface area contributed by atoms with Gasteiger partial charge in [-0.2, -0.15) is 0 Å². The molecule has 1 heterocycles. The Morgan fingerprint density at radius 1 is 1.33 bits per heavy atom. The molecular formula is C18H31N3O3. The molecule has 0 saturated heterocycles. The number of ether oxygens (including phenoxy) is 2. The van der Waals surface area contributed by atoms with Gasteiger partial charge in [0.05, 0.1) is 6.61 Å². The van der Waals surface area contributed by atoms with Gasteiger partial charge in [-0.05, 0) is 58.2 Å². The van der Waals surface area contributed by atoms with Crippen molar-refractivity contribution >= 4 is 6.09 Å². The standard InChI is InChI=1S/C18H31N3O3/c1-18(2,3)24-17(22)21-11-6-8-16(14-23-4)20-12-9-15-7-5-10-19-13-15/h5,7,10,13,16,20H,6,8-9,11-12,14H2,1-4H3,(H,21,22). The van der Waals surface area contributed by atoms with Crippen molar-refractivity contribution in [1.82, 2.24) is 15.6 Å². The molecule has 24 heavy (non-hydrogen) atoms. The fourth-order valence-electron chi connectivity index (χ4n) is 2.27. The first kappa shape index (κ1) is 20.4. The highest BCUT2D eigenvalue weighted by Gasteiger charge is 2.15. The Morgan fingerprint density at radius 3 is 2.75 bits per heavy atom. The second kappa shape index (κ2) is 11.0. The van der Waals surface area contributed by atoms with E-state index in [1.54, 1.807) is 13.3 Å². The Bertz CT molecular complexity index is 460. The van der Waals surface area contributed by atoms with E-state index in [9.17, 15) is 4.79 Å². The van der Waals surface area contributed by atoms with Crippen LogP contribution in [0.25, 0.3) is 0 Å². The van der Waals surface area contributed by atoms with Crippen LogP contribution in [0.2, 0.25) is 0 Å². The van der Waals surface area contributed by atoms with E-state index < -0.39 is 5.60 Å². The van der Waals surface area contributed by atoms with Crippen molar-refractivity contribution in [3.05, 3.63) is 30.1 Å². The lowest BCUT2D eigenvalue weighted by Crippen LogP contribution is -2.36. The summed E-state index contributed by atoms with van der Waals surface area (Å²) in [5, 5.41) is 6.28. The number of rotatable bonds is 10. The van der Waals surface area contributed by atoms with E-state index in [-0.39, 0.29) is 12.1 Å². The van der Waals surface area contributed by atoms with Crippen molar-refractivity contribution in [2.75, 3.05) is 26.8 Å². The molecule has 0 fully saturated rings. The van der Waals surface area contributed by atoms with E-state index >= 15 is 0 Å². The van der Waals surface area contributed by atoms with Gasteiger partial charge in [0.15, 0.2) is 0 Å². The summed E-state index contributed by atoms with van der Waals surface area (Å²) in [6, 6.07) is 4.29. The number of carbonyl (C=O) groups excluding carboxylic acids is 1. The average molecular weight is 337 g/mol. The first-order valence-electron chi connectivity index (χ1n) is 8.49. The summed E-state index contributed by atoms with van der Waals surface area (Å²) in [6.07, 6.45) is 6.03. The molecule has 1 rings (SSSR count). The van der Waals surface area contributed by atoms with E-state index in [1.165, 1.54) is 5.56 Å². The van der Waals surface area contributed by atoms with Crippen molar-refractivity contribution in [3.63, 3.8) is 0 Å². The molecule has 136 valence electrons. The van der Waals surface area contributed by atoms with Gasteiger partial charge in [-0.15, -0.1) is 0 Å². The smallest absolute Gasteiger partial charge is 0.407 e. The summed E-state index contributed by atoms with van der Waals surface area (Å²) in [5.41, 5.74) is 0.754. The SMILES string of the molecule is COCC(CCCNC(=O)OC(C)(C)C)NCCc1cccnc1. The van der Waals surface area contributed by atoms with Gasteiger partial charge >= 0.3 is 6.09 Å². The zero-order valence-corrected chi connectivity index (χ0v) is 15.3. The van der Waals surface area contributed by atoms with Gasteiger partial charge in [0, 0.05) is 32.1 Å². The molecular weight excluding hydrogens is 306 g/mol. The zero-order chi connectivity index (χ0) is 17.8. The van der Waals surface area contributed by atoms with Gasteiger partial charge in [0.1, 0.15) is 5.60 Å². The van der Waals surface area contributed by atoms with Crippen LogP contribution in [0, 0.1) is 0 Å². The lowest BCUT2D eigenvalue weighted by Gasteiger charge is -2.20. The molecule has 6 heteroatoms. The molecule has 0 aliphatic heterocycles. The van der Waals surface area contributed by atoms with Crippen LogP contribution in [0.1, 0.15) is 39.2 Å². The van der Waals surface area contributed by atoms with E-state index in [2.05, 4.69) is 21.7 Å². The number of nitrogens with one attached hydrogen (secondary N) is 2. The zero-order valence-electron chi connectivity index (χ0n) is 15.3. The first-order chi connectivity index (χ1) is 11.4. The van der Waals surface area contributed by atoms with Crippen molar-refractivity contribution < 1.29 is 14.3 Å². The second-order valence-corrected chi connectivity index (χ2v) is 6.79. The van der Waals surface area contributed by atoms with Crippen molar-refractivity contribution in [2.24, 2.45) is 0 Å². The molecule has 2 N–H and O–H groups in total. The normalized spacial score (nSPS) is 12.7. The maximum Gasteiger partial charge on any atom is 0.407 e. The van der Waals surface area contributed by atoms with Crippen LogP contribution in [-0.2, 0) is 15.9 Å². The third-order valence-electron chi connectivity index (χ3n) is 3.33. The Balaban J connectivity index is 2.19. The van der Waals surface area contributed by atoms with Crippen LogP contribution < -0.4 is 10.6 Å². The molecule has 0 bridgehead atoms. The van der Waals surface area contributed by atoms with Crippen LogP contribution in [-0.4, -0.2) is 49.5 Å². The number of amides is 1. The topological polar surface area (TPSA) is 72.5 Å². The van der Waals surface area contributed by atoms with Crippen LogP contribution in [0.5, 0.6) is 0 Å². The van der Waals surface area contributed by atoms with Crippen LogP contribution >= 0.6 is 0 Å². The molecule has 0 radical (unpaired) electrons. The van der Waals surface area contributed by atoms with Gasteiger partial charge in [0.2, 0.25) is 0 Å². The molecule has 1 amide bonds. The number of alkyl carbamates (subject to hydrolysis) is 1. The lowest BCUT2D eigenvalue weighted by molar-refractivity contribution is 0.0526. The highest BCUT2D eigenvalue weighted by Crippen LogP contribution is 2.06. The minimum Gasteiger partial charge on any atom is -0.444 e. The maximum absolute atomic E-state index is 11.6. The fourth-order valence-corrected chi connectivity index (χ4v) is 2.27. The third-order valence-corrected chi connectivity index (χ3v) is 3.33. The summed E-state index contributed by atoms with van der Waals surface area (Å²) in [6.45, 7) is 7.69. The number of methoxy groups -OCH3 is 1. The molecule has 0 saturated carbocycles. The van der Waals surface area contributed by atoms with Gasteiger partial charge in [-0.25, -0.2) is 4.79 Å². The van der Waals surface area contributed by atoms with Crippen molar-refractivity contribution in [3.8, 4) is 0 Å². The first-order valence-corrected chi connectivity index (χ1v) is 8.49. The molecule has 0 aliphatic carbocycles. The van der Waals surface area contributed by atoms with Crippen molar-refractivity contribution in [2.45, 2.75) is 51.7 Å². The highest BCUT2D eigenvalue weighted by molar-refractivity contribution is 5.67. The number of pyridine rings is 1. The predicted octanol–water partition coefficient (Wildman–Crippen LogP) is 2.53. The number of nitrogens with zero attached hydrogens (tertiary/aromatic N) is 1. The summed E-state index contributed by atoms with van der Waals surface area (Å²) in [4.78, 5) is 15.7. The second-order valence-electron chi connectivity index (χ2n) is 6.79. The summed E-state index contributed by atoms with van der Waals surface area (Å²) >= 11 is 0. The Kier molecular flexibility index (Phi) is 9.34. The number of hydrogen-bond acceptors (Lipinski definition) is 5. The maximum atomic E-state index is 11.6. The molecule has 1 aromatic rings. The van der Waals surface area contributed by atoms with Crippen LogP contribution in [0.15, 0.2) is 24.5 Å². The molecule has 1 atom stereocenters. The monoisotopic (exact) mass is 337 g/mol. The molecule has 1 unspecified atom stereocenters. The Hall–Kier alpha value is -1.66.